The highest BCUT2D eigenvalue weighted by Gasteiger charge is 2.19. The summed E-state index contributed by atoms with van der Waals surface area (Å²) in [6.45, 7) is 8.15. The second-order valence-electron chi connectivity index (χ2n) is 5.40. The van der Waals surface area contributed by atoms with Crippen molar-refractivity contribution in [2.24, 2.45) is 11.7 Å². The van der Waals surface area contributed by atoms with E-state index in [0.29, 0.717) is 0 Å². The van der Waals surface area contributed by atoms with E-state index in [1.807, 2.05) is 0 Å². The molecule has 0 amide bonds. The molecule has 1 aliphatic heterocycles. The molecule has 1 saturated heterocycles. The second kappa shape index (κ2) is 8.08. The Morgan fingerprint density at radius 2 is 2.12 bits per heavy atom. The van der Waals surface area contributed by atoms with Gasteiger partial charge >= 0.3 is 0 Å². The molecule has 2 unspecified atom stereocenters. The van der Waals surface area contributed by atoms with Crippen LogP contribution in [0.15, 0.2) is 0 Å². The van der Waals surface area contributed by atoms with E-state index in [-0.39, 0.29) is 0 Å². The topological polar surface area (TPSA) is 29.3 Å². The van der Waals surface area contributed by atoms with Gasteiger partial charge in [-0.1, -0.05) is 19.8 Å². The molecule has 1 rings (SSSR count). The van der Waals surface area contributed by atoms with E-state index >= 15 is 0 Å². The molecule has 2 nitrogen and oxygen atoms in total. The third-order valence-electron chi connectivity index (χ3n) is 4.03. The van der Waals surface area contributed by atoms with E-state index in [4.69, 9.17) is 5.73 Å². The van der Waals surface area contributed by atoms with Gasteiger partial charge in [0.2, 0.25) is 0 Å². The summed E-state index contributed by atoms with van der Waals surface area (Å²) in [6, 6.07) is 0.740. The lowest BCUT2D eigenvalue weighted by Gasteiger charge is -2.27. The maximum Gasteiger partial charge on any atom is 0.00674 e. The van der Waals surface area contributed by atoms with E-state index < -0.39 is 0 Å². The van der Waals surface area contributed by atoms with Crippen molar-refractivity contribution in [3.63, 3.8) is 0 Å². The molecule has 0 spiro atoms. The van der Waals surface area contributed by atoms with Crippen molar-refractivity contribution in [2.45, 2.75) is 64.8 Å². The normalized spacial score (nSPS) is 25.3. The van der Waals surface area contributed by atoms with Crippen LogP contribution in [0, 0.1) is 5.92 Å². The molecule has 1 aliphatic rings. The van der Waals surface area contributed by atoms with Gasteiger partial charge in [0.1, 0.15) is 0 Å². The zero-order valence-corrected chi connectivity index (χ0v) is 11.3. The fraction of sp³-hybridized carbons (Fsp3) is 1.00. The van der Waals surface area contributed by atoms with Crippen molar-refractivity contribution >= 4 is 0 Å². The van der Waals surface area contributed by atoms with E-state index in [0.717, 1.165) is 18.5 Å². The van der Waals surface area contributed by atoms with Gasteiger partial charge in [-0.2, -0.15) is 0 Å². The monoisotopic (exact) mass is 226 g/mol. The van der Waals surface area contributed by atoms with Crippen LogP contribution in [-0.4, -0.2) is 30.6 Å². The lowest BCUT2D eigenvalue weighted by molar-refractivity contribution is 0.202. The van der Waals surface area contributed by atoms with Crippen LogP contribution < -0.4 is 5.73 Å². The van der Waals surface area contributed by atoms with Crippen molar-refractivity contribution in [3.05, 3.63) is 0 Å². The maximum atomic E-state index is 5.58. The van der Waals surface area contributed by atoms with Crippen LogP contribution in [0.5, 0.6) is 0 Å². The first-order valence-corrected chi connectivity index (χ1v) is 7.22. The lowest BCUT2D eigenvalue weighted by Crippen LogP contribution is -2.34. The molecule has 0 aromatic carbocycles. The van der Waals surface area contributed by atoms with Crippen molar-refractivity contribution in [1.29, 1.82) is 0 Å². The summed E-state index contributed by atoms with van der Waals surface area (Å²) < 4.78 is 0. The number of hydrogen-bond acceptors (Lipinski definition) is 2. The van der Waals surface area contributed by atoms with Crippen LogP contribution in [0.25, 0.3) is 0 Å². The van der Waals surface area contributed by atoms with E-state index in [2.05, 4.69) is 18.7 Å². The SMILES string of the molecule is CCCC1CCCN(C(C)CCCN)CC1. The van der Waals surface area contributed by atoms with Crippen LogP contribution in [0.4, 0.5) is 0 Å². The van der Waals surface area contributed by atoms with Gasteiger partial charge in [-0.25, -0.2) is 0 Å². The van der Waals surface area contributed by atoms with Crippen LogP contribution in [-0.2, 0) is 0 Å². The molecule has 0 radical (unpaired) electrons. The lowest BCUT2D eigenvalue weighted by atomic mass is 9.96. The summed E-state index contributed by atoms with van der Waals surface area (Å²) in [4.78, 5) is 2.69. The molecule has 16 heavy (non-hydrogen) atoms. The molecule has 96 valence electrons. The van der Waals surface area contributed by atoms with Crippen molar-refractivity contribution in [3.8, 4) is 0 Å². The first-order chi connectivity index (χ1) is 7.77. The summed E-state index contributed by atoms with van der Waals surface area (Å²) in [5, 5.41) is 0. The van der Waals surface area contributed by atoms with Crippen molar-refractivity contribution in [1.82, 2.24) is 4.90 Å². The fourth-order valence-electron chi connectivity index (χ4n) is 2.92. The molecule has 0 aromatic heterocycles. The Morgan fingerprint density at radius 3 is 2.81 bits per heavy atom. The van der Waals surface area contributed by atoms with Crippen LogP contribution in [0.2, 0.25) is 0 Å². The molecule has 2 heteroatoms. The summed E-state index contributed by atoms with van der Waals surface area (Å²) in [5.41, 5.74) is 5.58. The number of likely N-dealkylation sites (tertiary alicyclic amines) is 1. The molecule has 0 bridgehead atoms. The van der Waals surface area contributed by atoms with Gasteiger partial charge < -0.3 is 10.6 Å². The summed E-state index contributed by atoms with van der Waals surface area (Å²) >= 11 is 0. The van der Waals surface area contributed by atoms with E-state index in [1.54, 1.807) is 0 Å². The fourth-order valence-corrected chi connectivity index (χ4v) is 2.92. The van der Waals surface area contributed by atoms with Gasteiger partial charge in [0.15, 0.2) is 0 Å². The predicted molar refractivity (Wildman–Crippen MR) is 71.6 cm³/mol. The van der Waals surface area contributed by atoms with Crippen LogP contribution in [0.1, 0.15) is 58.8 Å². The molecule has 0 aliphatic carbocycles. The van der Waals surface area contributed by atoms with Gasteiger partial charge in [0, 0.05) is 6.04 Å². The van der Waals surface area contributed by atoms with Gasteiger partial charge in [0.05, 0.1) is 0 Å². The molecule has 2 atom stereocenters. The first-order valence-electron chi connectivity index (χ1n) is 7.22. The second-order valence-corrected chi connectivity index (χ2v) is 5.40. The number of nitrogens with zero attached hydrogens (tertiary/aromatic N) is 1. The van der Waals surface area contributed by atoms with Gasteiger partial charge in [0.25, 0.3) is 0 Å². The third kappa shape index (κ3) is 4.84. The van der Waals surface area contributed by atoms with Gasteiger partial charge in [-0.3, -0.25) is 0 Å². The molecule has 1 fully saturated rings. The minimum absolute atomic E-state index is 0.740. The average molecular weight is 226 g/mol. The Labute approximate surface area is 102 Å². The van der Waals surface area contributed by atoms with Crippen molar-refractivity contribution in [2.75, 3.05) is 19.6 Å². The molecule has 0 saturated carbocycles. The summed E-state index contributed by atoms with van der Waals surface area (Å²) in [7, 11) is 0. The predicted octanol–water partition coefficient (Wildman–Crippen LogP) is 3.02. The maximum absolute atomic E-state index is 5.58. The Kier molecular flexibility index (Phi) is 7.06. The molecular weight excluding hydrogens is 196 g/mol. The van der Waals surface area contributed by atoms with E-state index in [1.165, 1.54) is 58.0 Å². The standard InChI is InChI=1S/C14H30N2/c1-3-6-14-8-5-11-16(12-9-14)13(2)7-4-10-15/h13-14H,3-12,15H2,1-2H3. The quantitative estimate of drug-likeness (QED) is 0.754. The highest BCUT2D eigenvalue weighted by atomic mass is 15.1. The highest BCUT2D eigenvalue weighted by Crippen LogP contribution is 2.23. The summed E-state index contributed by atoms with van der Waals surface area (Å²) in [6.07, 6.45) is 9.51. The zero-order chi connectivity index (χ0) is 11.8. The highest BCUT2D eigenvalue weighted by molar-refractivity contribution is 4.74. The van der Waals surface area contributed by atoms with Gasteiger partial charge in [-0.05, 0) is 64.6 Å². The average Bonchev–Trinajstić information content (AvgIpc) is 2.52. The third-order valence-corrected chi connectivity index (χ3v) is 4.03. The van der Waals surface area contributed by atoms with Crippen molar-refractivity contribution < 1.29 is 0 Å². The largest absolute Gasteiger partial charge is 0.330 e. The first kappa shape index (κ1) is 14.0. The summed E-state index contributed by atoms with van der Waals surface area (Å²) in [5.74, 6) is 0.997. The minimum atomic E-state index is 0.740. The smallest absolute Gasteiger partial charge is 0.00674 e. The Bertz CT molecular complexity index is 170. The number of nitrogens with two attached hydrogens (primary N) is 1. The molecule has 0 aromatic rings. The number of rotatable bonds is 6. The molecule has 1 heterocycles. The Balaban J connectivity index is 2.28. The molecular formula is C14H30N2. The Morgan fingerprint density at radius 1 is 1.31 bits per heavy atom. The zero-order valence-electron chi connectivity index (χ0n) is 11.3. The van der Waals surface area contributed by atoms with Gasteiger partial charge in [-0.15, -0.1) is 0 Å². The van der Waals surface area contributed by atoms with Crippen LogP contribution in [0.3, 0.4) is 0 Å². The van der Waals surface area contributed by atoms with Crippen LogP contribution >= 0.6 is 0 Å². The minimum Gasteiger partial charge on any atom is -0.330 e. The Hall–Kier alpha value is -0.0800. The molecule has 2 N–H and O–H groups in total. The number of hydrogen-bond donors (Lipinski definition) is 1. The van der Waals surface area contributed by atoms with E-state index in [9.17, 15) is 0 Å².